The molecule has 0 spiro atoms. The standard InChI is InChI=1S/C20H17ClN2O4/c1-11-9-23-10-14(20(25)22-12-4-3-5-13(8-12)26-2)19(24)17-15(21)6-7-16(27-11)18(17)23/h3-8,10-11H,9H2,1-2H3,(H,22,25)/t11-/m1/s1. The molecule has 1 N–H and O–H groups in total. The van der Waals surface area contributed by atoms with Gasteiger partial charge in [0.2, 0.25) is 5.43 Å². The summed E-state index contributed by atoms with van der Waals surface area (Å²) < 4.78 is 12.8. The fraction of sp³-hybridized carbons (Fsp3) is 0.200. The summed E-state index contributed by atoms with van der Waals surface area (Å²) in [6, 6.07) is 10.3. The molecular formula is C20H17ClN2O4. The van der Waals surface area contributed by atoms with Crippen LogP contribution in [0.2, 0.25) is 5.02 Å². The highest BCUT2D eigenvalue weighted by molar-refractivity contribution is 6.35. The number of pyridine rings is 1. The molecular weight excluding hydrogens is 368 g/mol. The van der Waals surface area contributed by atoms with Gasteiger partial charge in [-0.15, -0.1) is 0 Å². The number of carbonyl (C=O) groups excluding carboxylic acids is 1. The predicted octanol–water partition coefficient (Wildman–Crippen LogP) is 3.70. The summed E-state index contributed by atoms with van der Waals surface area (Å²) in [5, 5.41) is 3.33. The van der Waals surface area contributed by atoms with Crippen LogP contribution in [0.3, 0.4) is 0 Å². The summed E-state index contributed by atoms with van der Waals surface area (Å²) in [7, 11) is 1.55. The molecule has 0 saturated carbocycles. The van der Waals surface area contributed by atoms with E-state index in [1.807, 2.05) is 11.5 Å². The maximum atomic E-state index is 13.0. The fourth-order valence-electron chi connectivity index (χ4n) is 3.29. The molecule has 27 heavy (non-hydrogen) atoms. The molecule has 1 aliphatic rings. The summed E-state index contributed by atoms with van der Waals surface area (Å²) in [5.41, 5.74) is 0.752. The van der Waals surface area contributed by atoms with Gasteiger partial charge in [0.05, 0.1) is 29.6 Å². The molecule has 0 aliphatic carbocycles. The lowest BCUT2D eigenvalue weighted by molar-refractivity contribution is 0.102. The van der Waals surface area contributed by atoms with Crippen LogP contribution in [0.4, 0.5) is 5.69 Å². The SMILES string of the molecule is COc1cccc(NC(=O)c2cn3c4c(ccc(Cl)c4c2=O)O[C@H](C)C3)c1. The van der Waals surface area contributed by atoms with E-state index in [9.17, 15) is 9.59 Å². The number of amides is 1. The minimum atomic E-state index is -0.500. The number of rotatable bonds is 3. The second-order valence-electron chi connectivity index (χ2n) is 6.41. The maximum absolute atomic E-state index is 13.0. The third-order valence-electron chi connectivity index (χ3n) is 4.49. The Morgan fingerprint density at radius 3 is 2.93 bits per heavy atom. The lowest BCUT2D eigenvalue weighted by Gasteiger charge is -2.26. The van der Waals surface area contributed by atoms with E-state index in [0.29, 0.717) is 39.7 Å². The van der Waals surface area contributed by atoms with E-state index in [1.165, 1.54) is 0 Å². The van der Waals surface area contributed by atoms with Crippen molar-refractivity contribution in [3.63, 3.8) is 0 Å². The van der Waals surface area contributed by atoms with Crippen molar-refractivity contribution >= 4 is 34.1 Å². The first kappa shape index (κ1) is 17.4. The zero-order valence-electron chi connectivity index (χ0n) is 14.8. The Kier molecular flexibility index (Phi) is 4.28. The van der Waals surface area contributed by atoms with Gasteiger partial charge in [0, 0.05) is 18.0 Å². The second kappa shape index (κ2) is 6.63. The molecule has 1 amide bonds. The van der Waals surface area contributed by atoms with Crippen LogP contribution in [0, 0.1) is 0 Å². The first-order chi connectivity index (χ1) is 13.0. The maximum Gasteiger partial charge on any atom is 0.261 e. The fourth-order valence-corrected chi connectivity index (χ4v) is 3.53. The number of hydrogen-bond donors (Lipinski definition) is 1. The molecule has 4 rings (SSSR count). The van der Waals surface area contributed by atoms with Gasteiger partial charge in [0.15, 0.2) is 0 Å². The van der Waals surface area contributed by atoms with Gasteiger partial charge in [-0.05, 0) is 31.2 Å². The molecule has 0 saturated heterocycles. The molecule has 7 heteroatoms. The number of hydrogen-bond acceptors (Lipinski definition) is 4. The minimum Gasteiger partial charge on any atom is -0.497 e. The van der Waals surface area contributed by atoms with Gasteiger partial charge in [-0.2, -0.15) is 0 Å². The number of nitrogens with one attached hydrogen (secondary N) is 1. The number of methoxy groups -OCH3 is 1. The van der Waals surface area contributed by atoms with E-state index >= 15 is 0 Å². The Morgan fingerprint density at radius 1 is 1.33 bits per heavy atom. The van der Waals surface area contributed by atoms with Crippen molar-refractivity contribution in [2.45, 2.75) is 19.6 Å². The van der Waals surface area contributed by atoms with Crippen molar-refractivity contribution in [1.82, 2.24) is 4.57 Å². The highest BCUT2D eigenvalue weighted by Gasteiger charge is 2.24. The Morgan fingerprint density at radius 2 is 2.15 bits per heavy atom. The van der Waals surface area contributed by atoms with Crippen molar-refractivity contribution in [3.05, 3.63) is 63.4 Å². The topological polar surface area (TPSA) is 69.6 Å². The molecule has 3 aromatic rings. The zero-order valence-corrected chi connectivity index (χ0v) is 15.5. The summed E-state index contributed by atoms with van der Waals surface area (Å²) in [6.45, 7) is 2.45. The van der Waals surface area contributed by atoms with E-state index in [0.717, 1.165) is 0 Å². The quantitative estimate of drug-likeness (QED) is 0.747. The molecule has 0 bridgehead atoms. The van der Waals surface area contributed by atoms with Crippen molar-refractivity contribution in [1.29, 1.82) is 0 Å². The Bertz CT molecular complexity index is 1120. The van der Waals surface area contributed by atoms with E-state index in [2.05, 4.69) is 5.32 Å². The van der Waals surface area contributed by atoms with Gasteiger partial charge in [-0.1, -0.05) is 17.7 Å². The number of halogens is 1. The Hall–Kier alpha value is -2.99. The smallest absolute Gasteiger partial charge is 0.261 e. The van der Waals surface area contributed by atoms with Crippen LogP contribution >= 0.6 is 11.6 Å². The lowest BCUT2D eigenvalue weighted by atomic mass is 10.1. The van der Waals surface area contributed by atoms with Crippen LogP contribution in [0.1, 0.15) is 17.3 Å². The van der Waals surface area contributed by atoms with E-state index in [1.54, 1.807) is 49.7 Å². The monoisotopic (exact) mass is 384 g/mol. The molecule has 1 atom stereocenters. The Balaban J connectivity index is 1.83. The normalized spacial score (nSPS) is 15.3. The summed E-state index contributed by atoms with van der Waals surface area (Å²) >= 11 is 6.28. The number of aromatic nitrogens is 1. The van der Waals surface area contributed by atoms with Gasteiger partial charge in [-0.25, -0.2) is 0 Å². The van der Waals surface area contributed by atoms with Crippen molar-refractivity contribution < 1.29 is 14.3 Å². The van der Waals surface area contributed by atoms with Gasteiger partial charge < -0.3 is 19.4 Å². The van der Waals surface area contributed by atoms with Crippen LogP contribution in [0.15, 0.2) is 47.4 Å². The number of benzene rings is 2. The van der Waals surface area contributed by atoms with E-state index in [-0.39, 0.29) is 11.7 Å². The zero-order chi connectivity index (χ0) is 19.1. The number of nitrogens with zero attached hydrogens (tertiary/aromatic N) is 1. The lowest BCUT2D eigenvalue weighted by Crippen LogP contribution is -2.30. The third kappa shape index (κ3) is 3.02. The number of anilines is 1. The first-order valence-corrected chi connectivity index (χ1v) is 8.83. The van der Waals surface area contributed by atoms with Gasteiger partial charge in [0.25, 0.3) is 5.91 Å². The van der Waals surface area contributed by atoms with Gasteiger partial charge >= 0.3 is 0 Å². The van der Waals surface area contributed by atoms with E-state index in [4.69, 9.17) is 21.1 Å². The summed E-state index contributed by atoms with van der Waals surface area (Å²) in [4.78, 5) is 25.8. The molecule has 1 aromatic heterocycles. The molecule has 0 fully saturated rings. The predicted molar refractivity (Wildman–Crippen MR) is 104 cm³/mol. The third-order valence-corrected chi connectivity index (χ3v) is 4.80. The van der Waals surface area contributed by atoms with Gasteiger partial charge in [-0.3, -0.25) is 9.59 Å². The highest BCUT2D eigenvalue weighted by atomic mass is 35.5. The molecule has 6 nitrogen and oxygen atoms in total. The summed E-state index contributed by atoms with van der Waals surface area (Å²) in [5.74, 6) is 0.696. The molecule has 0 unspecified atom stereocenters. The molecule has 138 valence electrons. The van der Waals surface area contributed by atoms with Crippen molar-refractivity contribution in [2.75, 3.05) is 12.4 Å². The molecule has 2 aromatic carbocycles. The molecule has 0 radical (unpaired) electrons. The minimum absolute atomic E-state index is 0.0264. The average Bonchev–Trinajstić information content (AvgIpc) is 2.65. The highest BCUT2D eigenvalue weighted by Crippen LogP contribution is 2.33. The van der Waals surface area contributed by atoms with Crippen LogP contribution < -0.4 is 20.2 Å². The second-order valence-corrected chi connectivity index (χ2v) is 6.82. The van der Waals surface area contributed by atoms with Crippen LogP contribution in [0.5, 0.6) is 11.5 Å². The molecule has 2 heterocycles. The average molecular weight is 385 g/mol. The van der Waals surface area contributed by atoms with Crippen LogP contribution in [0.25, 0.3) is 10.9 Å². The summed E-state index contributed by atoms with van der Waals surface area (Å²) in [6.07, 6.45) is 1.48. The van der Waals surface area contributed by atoms with Crippen molar-refractivity contribution in [3.8, 4) is 11.5 Å². The van der Waals surface area contributed by atoms with Crippen LogP contribution in [-0.2, 0) is 6.54 Å². The van der Waals surface area contributed by atoms with E-state index < -0.39 is 11.3 Å². The Labute approximate surface area is 160 Å². The number of carbonyl (C=O) groups is 1. The van der Waals surface area contributed by atoms with Gasteiger partial charge in [0.1, 0.15) is 23.2 Å². The first-order valence-electron chi connectivity index (χ1n) is 8.45. The molecule has 1 aliphatic heterocycles. The van der Waals surface area contributed by atoms with Crippen molar-refractivity contribution in [2.24, 2.45) is 0 Å². The van der Waals surface area contributed by atoms with Crippen LogP contribution in [-0.4, -0.2) is 23.7 Å². The number of ether oxygens (including phenoxy) is 2. The largest absolute Gasteiger partial charge is 0.497 e.